The molecule has 2 fully saturated rings. The second-order valence-electron chi connectivity index (χ2n) is 6.75. The van der Waals surface area contributed by atoms with E-state index in [4.69, 9.17) is 0 Å². The van der Waals surface area contributed by atoms with E-state index in [1.807, 2.05) is 23.6 Å². The molecule has 3 heteroatoms. The summed E-state index contributed by atoms with van der Waals surface area (Å²) in [7, 11) is 0. The van der Waals surface area contributed by atoms with Crippen LogP contribution in [-0.2, 0) is 0 Å². The number of rotatable bonds is 3. The first-order valence-corrected chi connectivity index (χ1v) is 8.87. The average Bonchev–Trinajstić information content (AvgIpc) is 3.21. The molecule has 4 atom stereocenters. The largest absolute Gasteiger partial charge is 0.349 e. The highest BCUT2D eigenvalue weighted by Crippen LogP contribution is 2.49. The number of thiophene rings is 1. The quantitative estimate of drug-likeness (QED) is 0.891. The van der Waals surface area contributed by atoms with Gasteiger partial charge >= 0.3 is 0 Å². The zero-order chi connectivity index (χ0) is 14.4. The van der Waals surface area contributed by atoms with Crippen LogP contribution in [0.25, 0.3) is 10.1 Å². The van der Waals surface area contributed by atoms with Gasteiger partial charge in [-0.25, -0.2) is 0 Å². The third kappa shape index (κ3) is 2.28. The normalized spacial score (nSPS) is 28.9. The van der Waals surface area contributed by atoms with Gasteiger partial charge in [-0.1, -0.05) is 24.6 Å². The molecular weight excluding hydrogens is 278 g/mol. The zero-order valence-corrected chi connectivity index (χ0v) is 13.2. The van der Waals surface area contributed by atoms with Crippen LogP contribution in [0.5, 0.6) is 0 Å². The Bertz CT molecular complexity index is 677. The number of carbonyl (C=O) groups is 1. The molecule has 4 rings (SSSR count). The Balaban J connectivity index is 1.50. The van der Waals surface area contributed by atoms with Gasteiger partial charge in [0.05, 0.1) is 5.56 Å². The Hall–Kier alpha value is -1.35. The van der Waals surface area contributed by atoms with Gasteiger partial charge in [-0.15, -0.1) is 11.3 Å². The molecule has 1 heterocycles. The lowest BCUT2D eigenvalue weighted by atomic mass is 9.84. The summed E-state index contributed by atoms with van der Waals surface area (Å²) in [5.74, 6) is 2.58. The molecule has 21 heavy (non-hydrogen) atoms. The number of benzene rings is 1. The molecule has 0 saturated heterocycles. The molecule has 0 aliphatic heterocycles. The van der Waals surface area contributed by atoms with Gasteiger partial charge in [-0.05, 0) is 50.0 Å². The van der Waals surface area contributed by atoms with Crippen LogP contribution in [0.2, 0.25) is 0 Å². The number of nitrogens with one attached hydrogen (secondary N) is 1. The van der Waals surface area contributed by atoms with E-state index in [0.717, 1.165) is 22.8 Å². The third-order valence-electron chi connectivity index (χ3n) is 5.52. The highest BCUT2D eigenvalue weighted by molar-refractivity contribution is 7.17. The molecule has 0 unspecified atom stereocenters. The van der Waals surface area contributed by atoms with Crippen molar-refractivity contribution in [2.45, 2.75) is 38.6 Å². The first kappa shape index (κ1) is 13.3. The smallest absolute Gasteiger partial charge is 0.252 e. The number of fused-ring (bicyclic) bond motifs is 3. The van der Waals surface area contributed by atoms with Crippen molar-refractivity contribution < 1.29 is 4.79 Å². The van der Waals surface area contributed by atoms with E-state index in [0.29, 0.717) is 12.0 Å². The van der Waals surface area contributed by atoms with Gasteiger partial charge in [0.15, 0.2) is 0 Å². The summed E-state index contributed by atoms with van der Waals surface area (Å²) in [6.07, 6.45) is 5.50. The van der Waals surface area contributed by atoms with Crippen LogP contribution in [0.1, 0.15) is 43.0 Å². The van der Waals surface area contributed by atoms with Gasteiger partial charge in [-0.3, -0.25) is 4.79 Å². The van der Waals surface area contributed by atoms with Crippen LogP contribution in [-0.4, -0.2) is 11.9 Å². The molecule has 2 aliphatic rings. The minimum absolute atomic E-state index is 0.0997. The SMILES string of the molecule is C[C@H](NC(=O)c1csc2ccccc12)[C@H]1C[C@H]2CC[C@H]1C2. The maximum atomic E-state index is 12.6. The molecule has 1 N–H and O–H groups in total. The zero-order valence-electron chi connectivity index (χ0n) is 12.3. The van der Waals surface area contributed by atoms with Crippen molar-refractivity contribution in [3.63, 3.8) is 0 Å². The van der Waals surface area contributed by atoms with Crippen LogP contribution < -0.4 is 5.32 Å². The topological polar surface area (TPSA) is 29.1 Å². The third-order valence-corrected chi connectivity index (χ3v) is 6.48. The van der Waals surface area contributed by atoms with Crippen molar-refractivity contribution >= 4 is 27.3 Å². The van der Waals surface area contributed by atoms with Gasteiger partial charge in [0, 0.05) is 21.5 Å². The molecule has 2 nitrogen and oxygen atoms in total. The van der Waals surface area contributed by atoms with Crippen LogP contribution in [0, 0.1) is 17.8 Å². The lowest BCUT2D eigenvalue weighted by molar-refractivity contribution is 0.0917. The molecular formula is C18H21NOS. The van der Waals surface area contributed by atoms with Crippen molar-refractivity contribution in [2.75, 3.05) is 0 Å². The monoisotopic (exact) mass is 299 g/mol. The van der Waals surface area contributed by atoms with E-state index in [-0.39, 0.29) is 5.91 Å². The van der Waals surface area contributed by atoms with Crippen LogP contribution in [0.4, 0.5) is 0 Å². The minimum Gasteiger partial charge on any atom is -0.349 e. The summed E-state index contributed by atoms with van der Waals surface area (Å²) in [4.78, 5) is 12.6. The molecule has 2 bridgehead atoms. The molecule has 1 aromatic carbocycles. The fraction of sp³-hybridized carbons (Fsp3) is 0.500. The predicted molar refractivity (Wildman–Crippen MR) is 87.7 cm³/mol. The lowest BCUT2D eigenvalue weighted by Gasteiger charge is -2.28. The van der Waals surface area contributed by atoms with Crippen LogP contribution in [0.3, 0.4) is 0 Å². The molecule has 1 aromatic heterocycles. The summed E-state index contributed by atoms with van der Waals surface area (Å²) in [6.45, 7) is 2.19. The standard InChI is InChI=1S/C18H21NOS/c1-11(15-9-12-6-7-13(15)8-12)19-18(20)16-10-21-17-5-3-2-4-14(16)17/h2-5,10-13,15H,6-9H2,1H3,(H,19,20)/t11-,12-,13-,15+/m0/s1. The second-order valence-corrected chi connectivity index (χ2v) is 7.66. The summed E-state index contributed by atoms with van der Waals surface area (Å²) in [6, 6.07) is 8.45. The van der Waals surface area contributed by atoms with Crippen molar-refractivity contribution in [1.82, 2.24) is 5.32 Å². The summed E-state index contributed by atoms with van der Waals surface area (Å²) in [5.41, 5.74) is 0.839. The van der Waals surface area contributed by atoms with Crippen LogP contribution >= 0.6 is 11.3 Å². The lowest BCUT2D eigenvalue weighted by Crippen LogP contribution is -2.40. The highest BCUT2D eigenvalue weighted by atomic mass is 32.1. The maximum Gasteiger partial charge on any atom is 0.252 e. The van der Waals surface area contributed by atoms with E-state index in [9.17, 15) is 4.79 Å². The Morgan fingerprint density at radius 3 is 2.90 bits per heavy atom. The van der Waals surface area contributed by atoms with E-state index < -0.39 is 0 Å². The van der Waals surface area contributed by atoms with Crippen molar-refractivity contribution in [2.24, 2.45) is 17.8 Å². The number of carbonyl (C=O) groups excluding carboxylic acids is 1. The first-order chi connectivity index (χ1) is 10.2. The molecule has 110 valence electrons. The summed E-state index contributed by atoms with van der Waals surface area (Å²) < 4.78 is 1.19. The van der Waals surface area contributed by atoms with E-state index in [2.05, 4.69) is 18.3 Å². The first-order valence-electron chi connectivity index (χ1n) is 7.99. The summed E-state index contributed by atoms with van der Waals surface area (Å²) >= 11 is 1.65. The fourth-order valence-corrected chi connectivity index (χ4v) is 5.39. The molecule has 2 aliphatic carbocycles. The molecule has 2 aromatic rings. The molecule has 1 amide bonds. The Morgan fingerprint density at radius 1 is 1.29 bits per heavy atom. The van der Waals surface area contributed by atoms with Gasteiger partial charge in [0.1, 0.15) is 0 Å². The molecule has 0 spiro atoms. The van der Waals surface area contributed by atoms with Gasteiger partial charge in [0.25, 0.3) is 5.91 Å². The van der Waals surface area contributed by atoms with E-state index >= 15 is 0 Å². The van der Waals surface area contributed by atoms with Crippen molar-refractivity contribution in [3.05, 3.63) is 35.2 Å². The van der Waals surface area contributed by atoms with Crippen molar-refractivity contribution in [3.8, 4) is 0 Å². The van der Waals surface area contributed by atoms with E-state index in [1.54, 1.807) is 11.3 Å². The Morgan fingerprint density at radius 2 is 2.14 bits per heavy atom. The van der Waals surface area contributed by atoms with Gasteiger partial charge in [0.2, 0.25) is 0 Å². The minimum atomic E-state index is 0.0997. The highest BCUT2D eigenvalue weighted by Gasteiger charge is 2.42. The Labute approximate surface area is 129 Å². The average molecular weight is 299 g/mol. The second kappa shape index (κ2) is 5.13. The summed E-state index contributed by atoms with van der Waals surface area (Å²) in [5, 5.41) is 6.35. The fourth-order valence-electron chi connectivity index (χ4n) is 4.45. The predicted octanol–water partition coefficient (Wildman–Crippen LogP) is 4.46. The van der Waals surface area contributed by atoms with Crippen molar-refractivity contribution in [1.29, 1.82) is 0 Å². The number of hydrogen-bond acceptors (Lipinski definition) is 2. The van der Waals surface area contributed by atoms with Crippen LogP contribution in [0.15, 0.2) is 29.6 Å². The van der Waals surface area contributed by atoms with E-state index in [1.165, 1.54) is 30.4 Å². The van der Waals surface area contributed by atoms with Gasteiger partial charge < -0.3 is 5.32 Å². The van der Waals surface area contributed by atoms with Gasteiger partial charge in [-0.2, -0.15) is 0 Å². The number of amides is 1. The molecule has 2 saturated carbocycles. The maximum absolute atomic E-state index is 12.6. The Kier molecular flexibility index (Phi) is 3.26. The number of hydrogen-bond donors (Lipinski definition) is 1. The molecule has 0 radical (unpaired) electrons.